The fraction of sp³-hybridized carbons (Fsp3) is 0.0476. The number of hydrogen-bond donors (Lipinski definition) is 0. The number of hydrogen-bond acceptors (Lipinski definition) is 2. The molecule has 0 aliphatic carbocycles. The Bertz CT molecular complexity index is 3770. The highest BCUT2D eigenvalue weighted by molar-refractivity contribution is 6.45. The lowest BCUT2D eigenvalue weighted by atomic mass is 9.83. The molecule has 2 nitrogen and oxygen atoms in total. The summed E-state index contributed by atoms with van der Waals surface area (Å²) in [7, 11) is 0. The van der Waals surface area contributed by atoms with Crippen LogP contribution in [0.3, 0.4) is 0 Å². The van der Waals surface area contributed by atoms with Gasteiger partial charge in [0.2, 0.25) is 0 Å². The lowest BCUT2D eigenvalue weighted by Crippen LogP contribution is -2.12. The fourth-order valence-corrected chi connectivity index (χ4v) is 10.4. The van der Waals surface area contributed by atoms with Crippen LogP contribution in [0.2, 0.25) is 0 Å². The summed E-state index contributed by atoms with van der Waals surface area (Å²) in [5, 5.41) is 15.0. The Morgan fingerprint density at radius 1 is 0.277 bits per heavy atom. The minimum atomic E-state index is 1.01. The lowest BCUT2D eigenvalue weighted by Gasteiger charge is -2.31. The predicted octanol–water partition coefficient (Wildman–Crippen LogP) is 18.0. The maximum Gasteiger partial charge on any atom is 0.0619 e. The highest BCUT2D eigenvalue weighted by atomic mass is 15.2. The van der Waals surface area contributed by atoms with Crippen molar-refractivity contribution in [2.24, 2.45) is 0 Å². The third-order valence-corrected chi connectivity index (χ3v) is 13.5. The molecule has 0 bridgehead atoms. The first-order valence-electron chi connectivity index (χ1n) is 22.5. The zero-order chi connectivity index (χ0) is 43.8. The van der Waals surface area contributed by atoms with E-state index in [0.717, 1.165) is 39.4 Å². The molecule has 0 aliphatic heterocycles. The van der Waals surface area contributed by atoms with Gasteiger partial charge in [0.05, 0.1) is 11.4 Å². The van der Waals surface area contributed by atoms with Crippen LogP contribution in [-0.2, 0) is 0 Å². The van der Waals surface area contributed by atoms with Gasteiger partial charge in [-0.15, -0.1) is 0 Å². The molecule has 308 valence electrons. The van der Waals surface area contributed by atoms with E-state index in [2.05, 4.69) is 249 Å². The fourth-order valence-electron chi connectivity index (χ4n) is 10.4. The molecule has 0 saturated carbocycles. The Morgan fingerprint density at radius 2 is 0.569 bits per heavy atom. The normalized spacial score (nSPS) is 11.7. The van der Waals surface area contributed by atoms with Crippen LogP contribution in [0.25, 0.3) is 70.2 Å². The van der Waals surface area contributed by atoms with E-state index >= 15 is 0 Å². The molecule has 12 aromatic rings. The Balaban J connectivity index is 1.18. The standard InChI is InChI=1S/C63H46N2/c1-40-24-30-44(31-25-40)43(4)45-32-38-49(39-33-45)65(48-36-28-42(3)29-37-48)63-53-19-11-9-17-51(53)59-54-20-12-22-56-60(54)58(55-21-13-23-57(63)61(55)59)50-16-8-10-18-52(50)62(56)64(46-14-6-5-7-15-46)47-34-26-41(2)27-35-47/h5-39H,4H2,1-3H3. The van der Waals surface area contributed by atoms with E-state index in [1.165, 1.54) is 92.7 Å². The van der Waals surface area contributed by atoms with Crippen molar-refractivity contribution in [3.8, 4) is 0 Å². The molecule has 0 unspecified atom stereocenters. The molecule has 0 amide bonds. The second-order valence-corrected chi connectivity index (χ2v) is 17.6. The largest absolute Gasteiger partial charge is 0.309 e. The minimum absolute atomic E-state index is 1.01. The average molecular weight is 831 g/mol. The van der Waals surface area contributed by atoms with E-state index < -0.39 is 0 Å². The SMILES string of the molecule is C=C(c1ccc(C)cc1)c1ccc(N(c2ccc(C)cc2)c2c3ccccc3c3c4cccc5c(N(c6ccccc6)c6ccc(C)cc6)c6ccccc6c(c6cccc2c63)c54)cc1. The Hall–Kier alpha value is -8.20. The summed E-state index contributed by atoms with van der Waals surface area (Å²) < 4.78 is 0. The molecule has 65 heavy (non-hydrogen) atoms. The Morgan fingerprint density at radius 3 is 1.00 bits per heavy atom. The van der Waals surface area contributed by atoms with E-state index in [-0.39, 0.29) is 0 Å². The average Bonchev–Trinajstić information content (AvgIpc) is 3.35. The molecule has 0 fully saturated rings. The number of para-hydroxylation sites is 1. The maximum atomic E-state index is 4.53. The van der Waals surface area contributed by atoms with E-state index in [4.69, 9.17) is 0 Å². The summed E-state index contributed by atoms with van der Waals surface area (Å²) in [4.78, 5) is 4.93. The van der Waals surface area contributed by atoms with Crippen LogP contribution < -0.4 is 9.80 Å². The molecular weight excluding hydrogens is 785 g/mol. The third-order valence-electron chi connectivity index (χ3n) is 13.5. The molecule has 0 spiro atoms. The molecule has 0 atom stereocenters. The maximum absolute atomic E-state index is 4.53. The summed E-state index contributed by atoms with van der Waals surface area (Å²) in [5.74, 6) is 0. The van der Waals surface area contributed by atoms with Crippen molar-refractivity contribution in [1.82, 2.24) is 0 Å². The van der Waals surface area contributed by atoms with Gasteiger partial charge >= 0.3 is 0 Å². The van der Waals surface area contributed by atoms with Crippen LogP contribution in [0.4, 0.5) is 34.1 Å². The van der Waals surface area contributed by atoms with Gasteiger partial charge in [-0.1, -0.05) is 187 Å². The molecule has 0 saturated heterocycles. The van der Waals surface area contributed by atoms with Gasteiger partial charge in [0.25, 0.3) is 0 Å². The summed E-state index contributed by atoms with van der Waals surface area (Å²) in [6.45, 7) is 11.0. The first-order chi connectivity index (χ1) is 31.9. The number of aryl methyl sites for hydroxylation is 3. The second kappa shape index (κ2) is 15.3. The molecule has 0 heterocycles. The first kappa shape index (κ1) is 38.5. The van der Waals surface area contributed by atoms with Gasteiger partial charge in [0.1, 0.15) is 0 Å². The smallest absolute Gasteiger partial charge is 0.0619 e. The van der Waals surface area contributed by atoms with E-state index in [9.17, 15) is 0 Å². The van der Waals surface area contributed by atoms with Gasteiger partial charge < -0.3 is 9.80 Å². The molecule has 12 rings (SSSR count). The Kier molecular flexibility index (Phi) is 9.03. The number of benzene rings is 12. The van der Waals surface area contributed by atoms with Crippen molar-refractivity contribution in [2.45, 2.75) is 20.8 Å². The van der Waals surface area contributed by atoms with Crippen LogP contribution in [0, 0.1) is 20.8 Å². The van der Waals surface area contributed by atoms with Gasteiger partial charge in [0.15, 0.2) is 0 Å². The second-order valence-electron chi connectivity index (χ2n) is 17.6. The highest BCUT2D eigenvalue weighted by Crippen LogP contribution is 2.54. The molecule has 0 aromatic heterocycles. The van der Waals surface area contributed by atoms with E-state index in [1.807, 2.05) is 0 Å². The predicted molar refractivity (Wildman–Crippen MR) is 281 cm³/mol. The van der Waals surface area contributed by atoms with Gasteiger partial charge in [-0.3, -0.25) is 0 Å². The van der Waals surface area contributed by atoms with Crippen molar-refractivity contribution in [3.63, 3.8) is 0 Å². The molecule has 0 aliphatic rings. The van der Waals surface area contributed by atoms with E-state index in [1.54, 1.807) is 0 Å². The zero-order valence-corrected chi connectivity index (χ0v) is 36.8. The number of fused-ring (bicyclic) bond motifs is 6. The van der Waals surface area contributed by atoms with E-state index in [0.29, 0.717) is 0 Å². The first-order valence-corrected chi connectivity index (χ1v) is 22.5. The highest BCUT2D eigenvalue weighted by Gasteiger charge is 2.27. The van der Waals surface area contributed by atoms with Crippen LogP contribution in [0.5, 0.6) is 0 Å². The van der Waals surface area contributed by atoms with Crippen LogP contribution in [0.15, 0.2) is 219 Å². The topological polar surface area (TPSA) is 6.48 Å². The third kappa shape index (κ3) is 6.17. The summed E-state index contributed by atoms with van der Waals surface area (Å²) in [6, 6.07) is 78.4. The van der Waals surface area contributed by atoms with Gasteiger partial charge in [-0.25, -0.2) is 0 Å². The van der Waals surface area contributed by atoms with Crippen LogP contribution >= 0.6 is 0 Å². The number of anilines is 6. The minimum Gasteiger partial charge on any atom is -0.309 e. The van der Waals surface area contributed by atoms with Crippen molar-refractivity contribution in [1.29, 1.82) is 0 Å². The van der Waals surface area contributed by atoms with Crippen molar-refractivity contribution < 1.29 is 0 Å². The summed E-state index contributed by atoms with van der Waals surface area (Å²) >= 11 is 0. The van der Waals surface area contributed by atoms with Gasteiger partial charge in [-0.05, 0) is 118 Å². The van der Waals surface area contributed by atoms with Crippen LogP contribution in [0.1, 0.15) is 27.8 Å². The quantitative estimate of drug-likeness (QED) is 0.111. The molecule has 0 radical (unpaired) electrons. The zero-order valence-electron chi connectivity index (χ0n) is 36.8. The lowest BCUT2D eigenvalue weighted by molar-refractivity contribution is 1.30. The molecule has 2 heteroatoms. The number of nitrogens with zero attached hydrogens (tertiary/aromatic N) is 2. The molecule has 12 aromatic carbocycles. The van der Waals surface area contributed by atoms with Gasteiger partial charge in [-0.2, -0.15) is 0 Å². The number of rotatable bonds is 8. The molecular formula is C63H46N2. The van der Waals surface area contributed by atoms with Crippen LogP contribution in [-0.4, -0.2) is 0 Å². The van der Waals surface area contributed by atoms with Crippen molar-refractivity contribution in [3.05, 3.63) is 247 Å². The van der Waals surface area contributed by atoms with Gasteiger partial charge in [0, 0.05) is 55.1 Å². The summed E-state index contributed by atoms with van der Waals surface area (Å²) in [5.41, 5.74) is 13.8. The molecule has 0 N–H and O–H groups in total. The summed E-state index contributed by atoms with van der Waals surface area (Å²) in [6.07, 6.45) is 0. The van der Waals surface area contributed by atoms with Crippen molar-refractivity contribution >= 4 is 104 Å². The van der Waals surface area contributed by atoms with Crippen molar-refractivity contribution in [2.75, 3.05) is 9.80 Å². The Labute approximate surface area is 379 Å². The monoisotopic (exact) mass is 830 g/mol.